The minimum absolute atomic E-state index is 0.0582. The monoisotopic (exact) mass is 277 g/mol. The zero-order valence-corrected chi connectivity index (χ0v) is 11.8. The van der Waals surface area contributed by atoms with Gasteiger partial charge < -0.3 is 15.4 Å². The van der Waals surface area contributed by atoms with Crippen molar-refractivity contribution in [3.05, 3.63) is 30.1 Å². The molecule has 0 aromatic carbocycles. The van der Waals surface area contributed by atoms with Gasteiger partial charge in [0.25, 0.3) is 0 Å². The molecule has 0 atom stereocenters. The Labute approximate surface area is 120 Å². The number of rotatable bonds is 7. The lowest BCUT2D eigenvalue weighted by molar-refractivity contribution is -0.122. The number of carbonyl (C=O) groups is 1. The second-order valence-corrected chi connectivity index (χ2v) is 5.03. The minimum atomic E-state index is 0.0582. The molecule has 20 heavy (non-hydrogen) atoms. The molecule has 1 amide bonds. The third-order valence-electron chi connectivity index (χ3n) is 3.43. The Kier molecular flexibility index (Phi) is 6.47. The van der Waals surface area contributed by atoms with Gasteiger partial charge in [0.15, 0.2) is 0 Å². The van der Waals surface area contributed by atoms with Gasteiger partial charge >= 0.3 is 0 Å². The summed E-state index contributed by atoms with van der Waals surface area (Å²) in [5.74, 6) is 0.0582. The Balaban J connectivity index is 1.52. The third kappa shape index (κ3) is 5.67. The van der Waals surface area contributed by atoms with Crippen LogP contribution in [0.3, 0.4) is 0 Å². The van der Waals surface area contributed by atoms with Crippen molar-refractivity contribution in [1.82, 2.24) is 15.6 Å². The average molecular weight is 277 g/mol. The van der Waals surface area contributed by atoms with E-state index in [2.05, 4.69) is 15.6 Å². The number of aromatic nitrogens is 1. The van der Waals surface area contributed by atoms with Crippen molar-refractivity contribution in [2.24, 2.45) is 0 Å². The quantitative estimate of drug-likeness (QED) is 0.777. The van der Waals surface area contributed by atoms with Gasteiger partial charge in [-0.3, -0.25) is 9.78 Å². The maximum Gasteiger partial charge on any atom is 0.222 e. The summed E-state index contributed by atoms with van der Waals surface area (Å²) in [7, 11) is 0. The molecule has 2 rings (SSSR count). The van der Waals surface area contributed by atoms with Crippen LogP contribution in [0.5, 0.6) is 0 Å². The first-order chi connectivity index (χ1) is 9.84. The van der Waals surface area contributed by atoms with Gasteiger partial charge in [-0.15, -0.1) is 0 Å². The summed E-state index contributed by atoms with van der Waals surface area (Å²) in [6.45, 7) is 3.20. The van der Waals surface area contributed by atoms with Crippen LogP contribution in [0.25, 0.3) is 0 Å². The van der Waals surface area contributed by atoms with E-state index < -0.39 is 0 Å². The predicted molar refractivity (Wildman–Crippen MR) is 77.4 cm³/mol. The summed E-state index contributed by atoms with van der Waals surface area (Å²) >= 11 is 0. The van der Waals surface area contributed by atoms with Gasteiger partial charge in [0.2, 0.25) is 5.91 Å². The molecule has 0 saturated carbocycles. The van der Waals surface area contributed by atoms with Crippen LogP contribution in [0.4, 0.5) is 0 Å². The Morgan fingerprint density at radius 1 is 1.45 bits per heavy atom. The van der Waals surface area contributed by atoms with Crippen LogP contribution in [0.15, 0.2) is 24.5 Å². The Morgan fingerprint density at radius 3 is 3.05 bits per heavy atom. The van der Waals surface area contributed by atoms with E-state index in [1.54, 1.807) is 6.20 Å². The number of piperidine rings is 1. The molecular weight excluding hydrogens is 254 g/mol. The fourth-order valence-corrected chi connectivity index (χ4v) is 2.26. The molecule has 5 heteroatoms. The molecule has 1 aromatic rings. The van der Waals surface area contributed by atoms with E-state index in [9.17, 15) is 4.79 Å². The summed E-state index contributed by atoms with van der Waals surface area (Å²) in [5, 5.41) is 6.20. The average Bonchev–Trinajstić information content (AvgIpc) is 2.49. The lowest BCUT2D eigenvalue weighted by atomic mass is 10.1. The third-order valence-corrected chi connectivity index (χ3v) is 3.43. The SMILES string of the molecule is O=C(CCOC1CCNCC1)NCCc1cccnc1. The molecular formula is C15H23N3O2. The van der Waals surface area contributed by atoms with Crippen molar-refractivity contribution in [1.29, 1.82) is 0 Å². The van der Waals surface area contributed by atoms with E-state index in [1.165, 1.54) is 0 Å². The predicted octanol–water partition coefficient (Wildman–Crippen LogP) is 0.899. The fraction of sp³-hybridized carbons (Fsp3) is 0.600. The van der Waals surface area contributed by atoms with E-state index in [4.69, 9.17) is 4.74 Å². The van der Waals surface area contributed by atoms with Crippen molar-refractivity contribution in [2.45, 2.75) is 31.8 Å². The van der Waals surface area contributed by atoms with Crippen LogP contribution in [0, 0.1) is 0 Å². The van der Waals surface area contributed by atoms with Crippen LogP contribution in [0.2, 0.25) is 0 Å². The lowest BCUT2D eigenvalue weighted by Crippen LogP contribution is -2.33. The highest BCUT2D eigenvalue weighted by atomic mass is 16.5. The topological polar surface area (TPSA) is 63.2 Å². The van der Waals surface area contributed by atoms with Gasteiger partial charge in [0, 0.05) is 25.4 Å². The van der Waals surface area contributed by atoms with Crippen LogP contribution < -0.4 is 10.6 Å². The van der Waals surface area contributed by atoms with Crippen molar-refractivity contribution in [3.8, 4) is 0 Å². The zero-order valence-electron chi connectivity index (χ0n) is 11.8. The highest BCUT2D eigenvalue weighted by molar-refractivity contribution is 5.75. The first-order valence-corrected chi connectivity index (χ1v) is 7.32. The molecule has 1 aromatic heterocycles. The number of nitrogens with one attached hydrogen (secondary N) is 2. The normalized spacial score (nSPS) is 16.0. The minimum Gasteiger partial charge on any atom is -0.378 e. The van der Waals surface area contributed by atoms with Crippen LogP contribution in [-0.4, -0.2) is 43.2 Å². The van der Waals surface area contributed by atoms with Crippen molar-refractivity contribution in [2.75, 3.05) is 26.2 Å². The van der Waals surface area contributed by atoms with Crippen molar-refractivity contribution in [3.63, 3.8) is 0 Å². The van der Waals surface area contributed by atoms with Crippen LogP contribution >= 0.6 is 0 Å². The lowest BCUT2D eigenvalue weighted by Gasteiger charge is -2.22. The largest absolute Gasteiger partial charge is 0.378 e. The maximum absolute atomic E-state index is 11.7. The van der Waals surface area contributed by atoms with E-state index >= 15 is 0 Å². The van der Waals surface area contributed by atoms with Crippen LogP contribution in [-0.2, 0) is 16.0 Å². The summed E-state index contributed by atoms with van der Waals surface area (Å²) in [6, 6.07) is 3.92. The molecule has 2 heterocycles. The fourth-order valence-electron chi connectivity index (χ4n) is 2.26. The molecule has 2 N–H and O–H groups in total. The molecule has 5 nitrogen and oxygen atoms in total. The van der Waals surface area contributed by atoms with E-state index in [0.717, 1.165) is 37.9 Å². The summed E-state index contributed by atoms with van der Waals surface area (Å²) in [6.07, 6.45) is 7.24. The van der Waals surface area contributed by atoms with Crippen LogP contribution in [0.1, 0.15) is 24.8 Å². The van der Waals surface area contributed by atoms with Gasteiger partial charge in [-0.1, -0.05) is 6.07 Å². The molecule has 0 unspecified atom stereocenters. The molecule has 110 valence electrons. The zero-order chi connectivity index (χ0) is 14.0. The van der Waals surface area contributed by atoms with Crippen molar-refractivity contribution >= 4 is 5.91 Å². The van der Waals surface area contributed by atoms with E-state index in [0.29, 0.717) is 25.7 Å². The molecule has 0 spiro atoms. The number of nitrogens with zero attached hydrogens (tertiary/aromatic N) is 1. The molecule has 1 fully saturated rings. The van der Waals surface area contributed by atoms with E-state index in [1.807, 2.05) is 18.3 Å². The molecule has 0 aliphatic carbocycles. The number of pyridine rings is 1. The smallest absolute Gasteiger partial charge is 0.222 e. The first-order valence-electron chi connectivity index (χ1n) is 7.32. The maximum atomic E-state index is 11.7. The van der Waals surface area contributed by atoms with Gasteiger partial charge in [0.1, 0.15) is 0 Å². The van der Waals surface area contributed by atoms with Crippen molar-refractivity contribution < 1.29 is 9.53 Å². The summed E-state index contributed by atoms with van der Waals surface area (Å²) in [4.78, 5) is 15.7. The van der Waals surface area contributed by atoms with Gasteiger partial charge in [-0.05, 0) is 44.0 Å². The standard InChI is InChI=1S/C15H23N3O2/c19-15(6-11-20-14-4-8-16-9-5-14)18-10-3-13-2-1-7-17-12-13/h1-2,7,12,14,16H,3-6,8-11H2,(H,18,19). The first kappa shape index (κ1) is 14.9. The van der Waals surface area contributed by atoms with E-state index in [-0.39, 0.29) is 5.91 Å². The number of amides is 1. The highest BCUT2D eigenvalue weighted by Gasteiger charge is 2.13. The number of carbonyl (C=O) groups excluding carboxylic acids is 1. The number of hydrogen-bond acceptors (Lipinski definition) is 4. The molecule has 1 saturated heterocycles. The summed E-state index contributed by atoms with van der Waals surface area (Å²) in [5.41, 5.74) is 1.14. The molecule has 1 aliphatic heterocycles. The summed E-state index contributed by atoms with van der Waals surface area (Å²) < 4.78 is 5.71. The second kappa shape index (κ2) is 8.66. The Hall–Kier alpha value is -1.46. The second-order valence-electron chi connectivity index (χ2n) is 5.03. The molecule has 1 aliphatic rings. The Bertz CT molecular complexity index is 391. The van der Waals surface area contributed by atoms with Gasteiger partial charge in [-0.25, -0.2) is 0 Å². The Morgan fingerprint density at radius 2 is 2.30 bits per heavy atom. The number of ether oxygens (including phenoxy) is 1. The highest BCUT2D eigenvalue weighted by Crippen LogP contribution is 2.07. The van der Waals surface area contributed by atoms with Gasteiger partial charge in [-0.2, -0.15) is 0 Å². The molecule has 0 radical (unpaired) electrons. The number of hydrogen-bond donors (Lipinski definition) is 2. The van der Waals surface area contributed by atoms with Gasteiger partial charge in [0.05, 0.1) is 12.7 Å². The molecule has 0 bridgehead atoms.